The van der Waals surface area contributed by atoms with Gasteiger partial charge in [0.05, 0.1) is 0 Å². The molecule has 1 aromatic heterocycles. The van der Waals surface area contributed by atoms with Gasteiger partial charge in [-0.2, -0.15) is 0 Å². The fourth-order valence-corrected chi connectivity index (χ4v) is 1.43. The van der Waals surface area contributed by atoms with E-state index in [1.54, 1.807) is 0 Å². The van der Waals surface area contributed by atoms with Gasteiger partial charge in [-0.15, -0.1) is 0 Å². The maximum Gasteiger partial charge on any atom is 0.0473 e. The summed E-state index contributed by atoms with van der Waals surface area (Å²) in [5.74, 6) is 0.322. The van der Waals surface area contributed by atoms with Gasteiger partial charge in [0.15, 0.2) is 0 Å². The van der Waals surface area contributed by atoms with Crippen LogP contribution in [0.15, 0.2) is 18.3 Å². The summed E-state index contributed by atoms with van der Waals surface area (Å²) < 4.78 is 2.20. The SMILES string of the molecule is CCNCc1cccn1CC(C)CO. The van der Waals surface area contributed by atoms with Crippen LogP contribution in [0.2, 0.25) is 0 Å². The molecule has 0 saturated carbocycles. The zero-order valence-corrected chi connectivity index (χ0v) is 9.03. The van der Waals surface area contributed by atoms with E-state index in [0.717, 1.165) is 19.6 Å². The van der Waals surface area contributed by atoms with Crippen molar-refractivity contribution >= 4 is 0 Å². The first kappa shape index (κ1) is 11.3. The summed E-state index contributed by atoms with van der Waals surface area (Å²) in [5.41, 5.74) is 1.28. The second-order valence-corrected chi connectivity index (χ2v) is 3.72. The van der Waals surface area contributed by atoms with Crippen molar-refractivity contribution in [2.75, 3.05) is 13.2 Å². The zero-order chi connectivity index (χ0) is 10.4. The molecule has 0 spiro atoms. The molecule has 0 saturated heterocycles. The fourth-order valence-electron chi connectivity index (χ4n) is 1.43. The molecule has 0 fully saturated rings. The second-order valence-electron chi connectivity index (χ2n) is 3.72. The summed E-state index contributed by atoms with van der Waals surface area (Å²) in [5, 5.41) is 12.3. The van der Waals surface area contributed by atoms with Gasteiger partial charge in [0.2, 0.25) is 0 Å². The van der Waals surface area contributed by atoms with Crippen molar-refractivity contribution in [3.8, 4) is 0 Å². The van der Waals surface area contributed by atoms with Crippen molar-refractivity contribution in [2.45, 2.75) is 26.9 Å². The topological polar surface area (TPSA) is 37.2 Å². The Labute approximate surface area is 85.7 Å². The summed E-state index contributed by atoms with van der Waals surface area (Å²) in [6.45, 7) is 7.19. The monoisotopic (exact) mass is 196 g/mol. The van der Waals surface area contributed by atoms with Crippen LogP contribution in [0.25, 0.3) is 0 Å². The Bertz CT molecular complexity index is 258. The van der Waals surface area contributed by atoms with Crippen molar-refractivity contribution in [3.63, 3.8) is 0 Å². The summed E-state index contributed by atoms with van der Waals surface area (Å²) >= 11 is 0. The van der Waals surface area contributed by atoms with E-state index in [1.807, 2.05) is 0 Å². The highest BCUT2D eigenvalue weighted by Gasteiger charge is 2.04. The van der Waals surface area contributed by atoms with Crippen LogP contribution in [0.1, 0.15) is 19.5 Å². The minimum absolute atomic E-state index is 0.249. The van der Waals surface area contributed by atoms with E-state index in [9.17, 15) is 0 Å². The molecule has 0 aliphatic rings. The molecule has 1 atom stereocenters. The van der Waals surface area contributed by atoms with E-state index in [4.69, 9.17) is 5.11 Å². The minimum atomic E-state index is 0.249. The number of nitrogens with one attached hydrogen (secondary N) is 1. The number of nitrogens with zero attached hydrogens (tertiary/aromatic N) is 1. The lowest BCUT2D eigenvalue weighted by Gasteiger charge is -2.13. The molecular formula is C11H20N2O. The molecular weight excluding hydrogens is 176 g/mol. The van der Waals surface area contributed by atoms with Gasteiger partial charge in [-0.05, 0) is 24.6 Å². The van der Waals surface area contributed by atoms with Gasteiger partial charge in [0.25, 0.3) is 0 Å². The van der Waals surface area contributed by atoms with E-state index in [1.165, 1.54) is 5.69 Å². The maximum absolute atomic E-state index is 8.97. The normalized spacial score (nSPS) is 13.1. The Hall–Kier alpha value is -0.800. The Morgan fingerprint density at radius 2 is 2.36 bits per heavy atom. The largest absolute Gasteiger partial charge is 0.396 e. The minimum Gasteiger partial charge on any atom is -0.396 e. The van der Waals surface area contributed by atoms with Gasteiger partial charge < -0.3 is 15.0 Å². The summed E-state index contributed by atoms with van der Waals surface area (Å²) in [7, 11) is 0. The number of aromatic nitrogens is 1. The lowest BCUT2D eigenvalue weighted by Crippen LogP contribution is -2.18. The maximum atomic E-state index is 8.97. The van der Waals surface area contributed by atoms with Crippen molar-refractivity contribution in [1.29, 1.82) is 0 Å². The third-order valence-corrected chi connectivity index (χ3v) is 2.30. The van der Waals surface area contributed by atoms with Crippen molar-refractivity contribution in [2.24, 2.45) is 5.92 Å². The molecule has 1 unspecified atom stereocenters. The lowest BCUT2D eigenvalue weighted by molar-refractivity contribution is 0.222. The van der Waals surface area contributed by atoms with Gasteiger partial charge in [-0.1, -0.05) is 13.8 Å². The number of rotatable bonds is 6. The molecule has 0 aliphatic carbocycles. The van der Waals surface area contributed by atoms with Crippen LogP contribution in [-0.4, -0.2) is 22.8 Å². The molecule has 1 aromatic rings. The van der Waals surface area contributed by atoms with Gasteiger partial charge >= 0.3 is 0 Å². The van der Waals surface area contributed by atoms with Crippen LogP contribution in [-0.2, 0) is 13.1 Å². The van der Waals surface area contributed by atoms with Gasteiger partial charge in [-0.3, -0.25) is 0 Å². The number of hydrogen-bond acceptors (Lipinski definition) is 2. The Morgan fingerprint density at radius 3 is 3.00 bits per heavy atom. The van der Waals surface area contributed by atoms with Gasteiger partial charge in [0.1, 0.15) is 0 Å². The average molecular weight is 196 g/mol. The van der Waals surface area contributed by atoms with E-state index in [2.05, 4.69) is 42.1 Å². The highest BCUT2D eigenvalue weighted by Crippen LogP contribution is 2.06. The van der Waals surface area contributed by atoms with Crippen molar-refractivity contribution in [3.05, 3.63) is 24.0 Å². The molecule has 80 valence electrons. The predicted molar refractivity (Wildman–Crippen MR) is 58.1 cm³/mol. The highest BCUT2D eigenvalue weighted by molar-refractivity contribution is 5.06. The molecule has 0 aliphatic heterocycles. The summed E-state index contributed by atoms with van der Waals surface area (Å²) in [4.78, 5) is 0. The quantitative estimate of drug-likeness (QED) is 0.718. The first-order valence-electron chi connectivity index (χ1n) is 5.23. The first-order valence-corrected chi connectivity index (χ1v) is 5.23. The van der Waals surface area contributed by atoms with Crippen LogP contribution in [0.5, 0.6) is 0 Å². The van der Waals surface area contributed by atoms with Gasteiger partial charge in [0, 0.05) is 31.6 Å². The summed E-state index contributed by atoms with van der Waals surface area (Å²) in [6, 6.07) is 4.17. The van der Waals surface area contributed by atoms with E-state index in [0.29, 0.717) is 5.92 Å². The van der Waals surface area contributed by atoms with Crippen LogP contribution >= 0.6 is 0 Å². The standard InChI is InChI=1S/C11H20N2O/c1-3-12-7-11-5-4-6-13(11)8-10(2)9-14/h4-6,10,12,14H,3,7-9H2,1-2H3. The first-order chi connectivity index (χ1) is 6.77. The number of aliphatic hydroxyl groups is 1. The smallest absolute Gasteiger partial charge is 0.0473 e. The molecule has 1 heterocycles. The molecule has 2 N–H and O–H groups in total. The molecule has 1 rings (SSSR count). The second kappa shape index (κ2) is 5.83. The highest BCUT2D eigenvalue weighted by atomic mass is 16.3. The van der Waals surface area contributed by atoms with E-state index in [-0.39, 0.29) is 6.61 Å². The van der Waals surface area contributed by atoms with E-state index >= 15 is 0 Å². The number of hydrogen-bond donors (Lipinski definition) is 2. The van der Waals surface area contributed by atoms with Crippen LogP contribution in [0.3, 0.4) is 0 Å². The fraction of sp³-hybridized carbons (Fsp3) is 0.636. The van der Waals surface area contributed by atoms with Crippen LogP contribution in [0, 0.1) is 5.92 Å². The Balaban J connectivity index is 2.53. The molecule has 0 aromatic carbocycles. The van der Waals surface area contributed by atoms with Crippen LogP contribution in [0.4, 0.5) is 0 Å². The average Bonchev–Trinajstić information content (AvgIpc) is 2.62. The molecule has 3 nitrogen and oxygen atoms in total. The Morgan fingerprint density at radius 1 is 1.57 bits per heavy atom. The molecule has 0 amide bonds. The molecule has 0 radical (unpaired) electrons. The third kappa shape index (κ3) is 3.16. The zero-order valence-electron chi connectivity index (χ0n) is 9.03. The third-order valence-electron chi connectivity index (χ3n) is 2.30. The molecule has 0 bridgehead atoms. The van der Waals surface area contributed by atoms with Crippen molar-refractivity contribution < 1.29 is 5.11 Å². The lowest BCUT2D eigenvalue weighted by atomic mass is 10.2. The van der Waals surface area contributed by atoms with Crippen LogP contribution < -0.4 is 5.32 Å². The van der Waals surface area contributed by atoms with E-state index < -0.39 is 0 Å². The Kier molecular flexibility index (Phi) is 4.70. The van der Waals surface area contributed by atoms with Gasteiger partial charge in [-0.25, -0.2) is 0 Å². The molecule has 3 heteroatoms. The molecule has 14 heavy (non-hydrogen) atoms. The number of aliphatic hydroxyl groups excluding tert-OH is 1. The summed E-state index contributed by atoms with van der Waals surface area (Å²) in [6.07, 6.45) is 2.07. The van der Waals surface area contributed by atoms with Crippen molar-refractivity contribution in [1.82, 2.24) is 9.88 Å². The predicted octanol–water partition coefficient (Wildman–Crippen LogP) is 1.23.